The quantitative estimate of drug-likeness (QED) is 0.808. The van der Waals surface area contributed by atoms with Crippen LogP contribution in [-0.2, 0) is 0 Å². The van der Waals surface area contributed by atoms with Crippen molar-refractivity contribution in [3.63, 3.8) is 0 Å². The van der Waals surface area contributed by atoms with Gasteiger partial charge in [0.2, 0.25) is 0 Å². The van der Waals surface area contributed by atoms with Gasteiger partial charge in [0.05, 0.1) is 10.7 Å². The van der Waals surface area contributed by atoms with Crippen molar-refractivity contribution >= 4 is 17.3 Å². The second-order valence-corrected chi connectivity index (χ2v) is 3.82. The molecule has 4 heteroatoms. The number of anilines is 1. The van der Waals surface area contributed by atoms with Crippen molar-refractivity contribution in [3.05, 3.63) is 23.5 Å². The number of hydrogen-bond donors (Lipinski definition) is 1. The maximum Gasteiger partial charge on any atom is 0.0822 e. The second-order valence-electron chi connectivity index (χ2n) is 3.42. The highest BCUT2D eigenvalue weighted by Crippen LogP contribution is 2.23. The predicted molar refractivity (Wildman–Crippen MR) is 65.7 cm³/mol. The first-order chi connectivity index (χ1) is 7.29. The van der Waals surface area contributed by atoms with E-state index in [-0.39, 0.29) is 0 Å². The van der Waals surface area contributed by atoms with E-state index in [0.717, 1.165) is 36.8 Å². The van der Waals surface area contributed by atoms with E-state index >= 15 is 0 Å². The summed E-state index contributed by atoms with van der Waals surface area (Å²) >= 11 is 6.11. The zero-order valence-electron chi connectivity index (χ0n) is 9.33. The summed E-state index contributed by atoms with van der Waals surface area (Å²) in [6, 6.07) is 1.97. The van der Waals surface area contributed by atoms with Crippen molar-refractivity contribution in [1.29, 1.82) is 0 Å². The molecule has 0 fully saturated rings. The number of nitrogens with zero attached hydrogens (tertiary/aromatic N) is 2. The summed E-state index contributed by atoms with van der Waals surface area (Å²) in [5.74, 6) is 0. The van der Waals surface area contributed by atoms with E-state index in [1.165, 1.54) is 0 Å². The molecule has 0 aliphatic rings. The first-order valence-corrected chi connectivity index (χ1v) is 5.66. The highest BCUT2D eigenvalue weighted by Gasteiger charge is 2.08. The molecule has 0 aromatic carbocycles. The fourth-order valence-electron chi connectivity index (χ4n) is 1.49. The molecule has 0 radical (unpaired) electrons. The van der Waals surface area contributed by atoms with Gasteiger partial charge in [0.1, 0.15) is 0 Å². The van der Waals surface area contributed by atoms with Crippen LogP contribution in [0.25, 0.3) is 0 Å². The first-order valence-electron chi connectivity index (χ1n) is 5.28. The standard InChI is InChI=1S/C11H18ClN3/c1-3-7-15(8-6-13-2)11-4-5-14-9-10(11)12/h4-5,9,13H,3,6-8H2,1-2H3. The SMILES string of the molecule is CCCN(CCNC)c1ccncc1Cl. The minimum absolute atomic E-state index is 0.724. The Bertz CT molecular complexity index is 291. The Kier molecular flexibility index (Phi) is 5.43. The molecule has 1 aromatic heterocycles. The lowest BCUT2D eigenvalue weighted by Crippen LogP contribution is -2.31. The highest BCUT2D eigenvalue weighted by molar-refractivity contribution is 6.33. The molecule has 0 aliphatic carbocycles. The molecular formula is C11H18ClN3. The third-order valence-corrected chi connectivity index (χ3v) is 2.51. The summed E-state index contributed by atoms with van der Waals surface area (Å²) in [6.45, 7) is 5.11. The normalized spacial score (nSPS) is 10.3. The molecule has 0 amide bonds. The lowest BCUT2D eigenvalue weighted by Gasteiger charge is -2.24. The van der Waals surface area contributed by atoms with Crippen LogP contribution in [0.1, 0.15) is 13.3 Å². The van der Waals surface area contributed by atoms with Gasteiger partial charge in [-0.25, -0.2) is 0 Å². The Labute approximate surface area is 96.5 Å². The number of halogens is 1. The summed E-state index contributed by atoms with van der Waals surface area (Å²) in [4.78, 5) is 6.27. The maximum absolute atomic E-state index is 6.11. The number of rotatable bonds is 6. The van der Waals surface area contributed by atoms with Crippen LogP contribution in [0.2, 0.25) is 5.02 Å². The maximum atomic E-state index is 6.11. The smallest absolute Gasteiger partial charge is 0.0822 e. The van der Waals surface area contributed by atoms with Gasteiger partial charge in [-0.2, -0.15) is 0 Å². The van der Waals surface area contributed by atoms with Crippen LogP contribution in [-0.4, -0.2) is 31.7 Å². The van der Waals surface area contributed by atoms with E-state index in [1.807, 2.05) is 13.1 Å². The van der Waals surface area contributed by atoms with Crippen LogP contribution in [0.15, 0.2) is 18.5 Å². The van der Waals surface area contributed by atoms with Gasteiger partial charge in [-0.1, -0.05) is 18.5 Å². The fourth-order valence-corrected chi connectivity index (χ4v) is 1.73. The Morgan fingerprint density at radius 1 is 1.47 bits per heavy atom. The van der Waals surface area contributed by atoms with Gasteiger partial charge < -0.3 is 10.2 Å². The van der Waals surface area contributed by atoms with Crippen molar-refractivity contribution < 1.29 is 0 Å². The summed E-state index contributed by atoms with van der Waals surface area (Å²) < 4.78 is 0. The van der Waals surface area contributed by atoms with Gasteiger partial charge in [0.15, 0.2) is 0 Å². The van der Waals surface area contributed by atoms with Crippen LogP contribution in [0, 0.1) is 0 Å². The molecule has 1 rings (SSSR count). The van der Waals surface area contributed by atoms with Crippen LogP contribution in [0.4, 0.5) is 5.69 Å². The van der Waals surface area contributed by atoms with Crippen molar-refractivity contribution in [2.45, 2.75) is 13.3 Å². The largest absolute Gasteiger partial charge is 0.369 e. The lowest BCUT2D eigenvalue weighted by atomic mass is 10.3. The summed E-state index contributed by atoms with van der Waals surface area (Å²) in [5.41, 5.74) is 1.07. The van der Waals surface area contributed by atoms with E-state index in [4.69, 9.17) is 11.6 Å². The molecule has 84 valence electrons. The molecule has 1 heterocycles. The molecule has 0 unspecified atom stereocenters. The molecule has 0 spiro atoms. The summed E-state index contributed by atoms with van der Waals surface area (Å²) in [6.07, 6.45) is 4.59. The average Bonchev–Trinajstić information content (AvgIpc) is 2.25. The topological polar surface area (TPSA) is 28.2 Å². The minimum Gasteiger partial charge on any atom is -0.369 e. The Balaban J connectivity index is 2.74. The first kappa shape index (κ1) is 12.3. The Hall–Kier alpha value is -0.800. The van der Waals surface area contributed by atoms with Crippen LogP contribution in [0.3, 0.4) is 0 Å². The zero-order valence-corrected chi connectivity index (χ0v) is 10.1. The van der Waals surface area contributed by atoms with Crippen molar-refractivity contribution in [1.82, 2.24) is 10.3 Å². The fraction of sp³-hybridized carbons (Fsp3) is 0.545. The Morgan fingerprint density at radius 3 is 2.87 bits per heavy atom. The minimum atomic E-state index is 0.724. The molecular weight excluding hydrogens is 210 g/mol. The van der Waals surface area contributed by atoms with Crippen molar-refractivity contribution in [2.75, 3.05) is 31.6 Å². The van der Waals surface area contributed by atoms with Crippen LogP contribution >= 0.6 is 11.6 Å². The molecule has 1 aromatic rings. The van der Waals surface area contributed by atoms with Gasteiger partial charge in [-0.3, -0.25) is 4.98 Å². The average molecular weight is 228 g/mol. The number of nitrogens with one attached hydrogen (secondary N) is 1. The van der Waals surface area contributed by atoms with Gasteiger partial charge in [0, 0.05) is 32.0 Å². The molecule has 0 saturated carbocycles. The highest BCUT2D eigenvalue weighted by atomic mass is 35.5. The van der Waals surface area contributed by atoms with E-state index in [9.17, 15) is 0 Å². The van der Waals surface area contributed by atoms with E-state index in [2.05, 4.69) is 22.1 Å². The van der Waals surface area contributed by atoms with Gasteiger partial charge >= 0.3 is 0 Å². The van der Waals surface area contributed by atoms with E-state index in [0.29, 0.717) is 0 Å². The molecule has 0 aliphatic heterocycles. The third-order valence-electron chi connectivity index (χ3n) is 2.22. The monoisotopic (exact) mass is 227 g/mol. The summed E-state index contributed by atoms with van der Waals surface area (Å²) in [5, 5.41) is 3.87. The molecule has 0 bridgehead atoms. The molecule has 0 saturated heterocycles. The number of likely N-dealkylation sites (N-methyl/N-ethyl adjacent to an activating group) is 1. The van der Waals surface area contributed by atoms with Crippen molar-refractivity contribution in [3.8, 4) is 0 Å². The predicted octanol–water partition coefficient (Wildman–Crippen LogP) is 2.17. The lowest BCUT2D eigenvalue weighted by molar-refractivity contribution is 0.710. The molecule has 0 atom stereocenters. The van der Waals surface area contributed by atoms with E-state index < -0.39 is 0 Å². The summed E-state index contributed by atoms with van der Waals surface area (Å²) in [7, 11) is 1.96. The second kappa shape index (κ2) is 6.64. The molecule has 15 heavy (non-hydrogen) atoms. The van der Waals surface area contributed by atoms with Gasteiger partial charge in [-0.05, 0) is 19.5 Å². The van der Waals surface area contributed by atoms with Gasteiger partial charge in [-0.15, -0.1) is 0 Å². The van der Waals surface area contributed by atoms with Crippen LogP contribution in [0.5, 0.6) is 0 Å². The van der Waals surface area contributed by atoms with Crippen LogP contribution < -0.4 is 10.2 Å². The Morgan fingerprint density at radius 2 is 2.27 bits per heavy atom. The zero-order chi connectivity index (χ0) is 11.1. The van der Waals surface area contributed by atoms with Gasteiger partial charge in [0.25, 0.3) is 0 Å². The van der Waals surface area contributed by atoms with E-state index in [1.54, 1.807) is 12.4 Å². The number of aromatic nitrogens is 1. The number of pyridine rings is 1. The van der Waals surface area contributed by atoms with Crippen molar-refractivity contribution in [2.24, 2.45) is 0 Å². The molecule has 1 N–H and O–H groups in total. The third kappa shape index (κ3) is 3.68. The number of hydrogen-bond acceptors (Lipinski definition) is 3. The molecule has 3 nitrogen and oxygen atoms in total.